The highest BCUT2D eigenvalue weighted by Gasteiger charge is 2.12. The number of nitrogens with zero attached hydrogens (tertiary/aromatic N) is 3. The summed E-state index contributed by atoms with van der Waals surface area (Å²) in [6, 6.07) is 15.3. The Morgan fingerprint density at radius 3 is 2.48 bits per heavy atom. The molecule has 8 heteroatoms. The van der Waals surface area contributed by atoms with Crippen LogP contribution < -0.4 is 10.6 Å². The molecule has 27 heavy (non-hydrogen) atoms. The predicted octanol–water partition coefficient (Wildman–Crippen LogP) is 3.25. The van der Waals surface area contributed by atoms with Crippen molar-refractivity contribution in [2.75, 3.05) is 11.1 Å². The maximum atomic E-state index is 12.0. The third kappa shape index (κ3) is 4.59. The minimum atomic E-state index is -0.690. The number of carbonyl (C=O) groups excluding carboxylic acids is 2. The summed E-state index contributed by atoms with van der Waals surface area (Å²) in [7, 11) is 0. The third-order valence-electron chi connectivity index (χ3n) is 3.59. The van der Waals surface area contributed by atoms with Crippen LogP contribution in [0.15, 0.2) is 53.6 Å². The fraction of sp³-hybridized carbons (Fsp3) is 0.105. The molecule has 0 saturated carbocycles. The maximum Gasteiger partial charge on any atom is 0.325 e. The molecule has 0 spiro atoms. The number of para-hydroxylation sites is 3. The summed E-state index contributed by atoms with van der Waals surface area (Å²) in [6.45, 7) is 1.82. The maximum absolute atomic E-state index is 12.0. The second-order valence-corrected chi connectivity index (χ2v) is 6.52. The monoisotopic (exact) mass is 377 g/mol. The van der Waals surface area contributed by atoms with Gasteiger partial charge in [-0.05, 0) is 31.2 Å². The molecule has 0 unspecified atom stereocenters. The number of fused-ring (bicyclic) bond motifs is 1. The predicted molar refractivity (Wildman–Crippen MR) is 103 cm³/mol. The van der Waals surface area contributed by atoms with E-state index in [0.717, 1.165) is 16.7 Å². The standard InChI is InChI=1S/C19H15N5O2S/c1-12-18(22-16-9-5-4-8-15(16)21-12)27-11-17(25)24-19(26)23-14-7-3-2-6-13(14)10-20/h2-9H,11H2,1H3,(H2,23,24,25,26). The number of amides is 3. The summed E-state index contributed by atoms with van der Waals surface area (Å²) in [4.78, 5) is 33.0. The molecule has 1 aromatic heterocycles. The van der Waals surface area contributed by atoms with Gasteiger partial charge in [0.1, 0.15) is 11.1 Å². The summed E-state index contributed by atoms with van der Waals surface area (Å²) in [5.74, 6) is -0.456. The molecule has 0 saturated heterocycles. The van der Waals surface area contributed by atoms with Gasteiger partial charge in [-0.2, -0.15) is 5.26 Å². The second kappa shape index (κ2) is 8.29. The number of nitrogens with one attached hydrogen (secondary N) is 2. The van der Waals surface area contributed by atoms with Gasteiger partial charge in [-0.15, -0.1) is 0 Å². The van der Waals surface area contributed by atoms with Gasteiger partial charge in [0.05, 0.1) is 33.7 Å². The highest BCUT2D eigenvalue weighted by Crippen LogP contribution is 2.21. The Labute approximate surface area is 159 Å². The summed E-state index contributed by atoms with van der Waals surface area (Å²) in [5.41, 5.74) is 2.92. The zero-order valence-corrected chi connectivity index (χ0v) is 15.2. The van der Waals surface area contributed by atoms with Gasteiger partial charge in [-0.3, -0.25) is 10.1 Å². The van der Waals surface area contributed by atoms with Crippen LogP contribution in [-0.4, -0.2) is 27.7 Å². The number of urea groups is 1. The number of thioether (sulfide) groups is 1. The lowest BCUT2D eigenvalue weighted by Crippen LogP contribution is -2.35. The molecular formula is C19H15N5O2S. The van der Waals surface area contributed by atoms with E-state index in [-0.39, 0.29) is 5.75 Å². The summed E-state index contributed by atoms with van der Waals surface area (Å²) in [5, 5.41) is 14.4. The van der Waals surface area contributed by atoms with Crippen LogP contribution in [0.2, 0.25) is 0 Å². The number of imide groups is 1. The zero-order valence-electron chi connectivity index (χ0n) is 14.4. The van der Waals surface area contributed by atoms with Crippen LogP contribution in [0.1, 0.15) is 11.3 Å². The van der Waals surface area contributed by atoms with Crippen molar-refractivity contribution in [1.29, 1.82) is 5.26 Å². The Kier molecular flexibility index (Phi) is 5.64. The van der Waals surface area contributed by atoms with Gasteiger partial charge < -0.3 is 5.32 Å². The van der Waals surface area contributed by atoms with Crippen molar-refractivity contribution in [3.8, 4) is 6.07 Å². The van der Waals surface area contributed by atoms with E-state index in [0.29, 0.717) is 16.3 Å². The number of hydrogen-bond donors (Lipinski definition) is 2. The minimum absolute atomic E-state index is 0.0151. The highest BCUT2D eigenvalue weighted by molar-refractivity contribution is 7.99. The van der Waals surface area contributed by atoms with E-state index in [1.54, 1.807) is 24.3 Å². The Balaban J connectivity index is 1.59. The quantitative estimate of drug-likeness (QED) is 0.676. The molecule has 2 aromatic carbocycles. The Hall–Kier alpha value is -3.44. The molecule has 0 atom stereocenters. The van der Waals surface area contributed by atoms with Crippen molar-refractivity contribution in [2.45, 2.75) is 11.9 Å². The fourth-order valence-corrected chi connectivity index (χ4v) is 3.11. The number of anilines is 1. The Morgan fingerprint density at radius 2 is 1.74 bits per heavy atom. The number of rotatable bonds is 4. The Bertz CT molecular complexity index is 1060. The van der Waals surface area contributed by atoms with E-state index in [9.17, 15) is 9.59 Å². The number of aromatic nitrogens is 2. The van der Waals surface area contributed by atoms with Gasteiger partial charge >= 0.3 is 6.03 Å². The van der Waals surface area contributed by atoms with Crippen molar-refractivity contribution in [3.63, 3.8) is 0 Å². The number of benzene rings is 2. The summed E-state index contributed by atoms with van der Waals surface area (Å²) in [6.07, 6.45) is 0. The molecule has 7 nitrogen and oxygen atoms in total. The third-order valence-corrected chi connectivity index (χ3v) is 4.66. The first kappa shape index (κ1) is 18.4. The van der Waals surface area contributed by atoms with Crippen LogP contribution in [0.4, 0.5) is 10.5 Å². The van der Waals surface area contributed by atoms with Crippen molar-refractivity contribution >= 4 is 40.4 Å². The smallest absolute Gasteiger partial charge is 0.306 e. The topological polar surface area (TPSA) is 108 Å². The lowest BCUT2D eigenvalue weighted by molar-refractivity contribution is -0.117. The molecule has 3 aromatic rings. The van der Waals surface area contributed by atoms with Gasteiger partial charge in [0.25, 0.3) is 0 Å². The van der Waals surface area contributed by atoms with Gasteiger partial charge in [0.15, 0.2) is 0 Å². The summed E-state index contributed by atoms with van der Waals surface area (Å²) < 4.78 is 0. The molecule has 134 valence electrons. The van der Waals surface area contributed by atoms with E-state index >= 15 is 0 Å². The average Bonchev–Trinajstić information content (AvgIpc) is 2.66. The van der Waals surface area contributed by atoms with Crippen LogP contribution in [0.3, 0.4) is 0 Å². The Morgan fingerprint density at radius 1 is 1.07 bits per heavy atom. The second-order valence-electron chi connectivity index (χ2n) is 5.55. The molecular weight excluding hydrogens is 362 g/mol. The first-order chi connectivity index (χ1) is 13.1. The van der Waals surface area contributed by atoms with Crippen LogP contribution in [0.5, 0.6) is 0 Å². The largest absolute Gasteiger partial charge is 0.325 e. The molecule has 0 aliphatic heterocycles. The fourth-order valence-electron chi connectivity index (χ4n) is 2.35. The molecule has 3 amide bonds. The van der Waals surface area contributed by atoms with Gasteiger partial charge in [-0.25, -0.2) is 14.8 Å². The molecule has 0 radical (unpaired) electrons. The molecule has 0 aliphatic carbocycles. The molecule has 0 fully saturated rings. The lowest BCUT2D eigenvalue weighted by Gasteiger charge is -2.08. The summed E-state index contributed by atoms with van der Waals surface area (Å²) >= 11 is 1.21. The van der Waals surface area contributed by atoms with E-state index in [4.69, 9.17) is 5.26 Å². The highest BCUT2D eigenvalue weighted by atomic mass is 32.2. The molecule has 1 heterocycles. The molecule has 0 aliphatic rings. The zero-order chi connectivity index (χ0) is 19.2. The van der Waals surface area contributed by atoms with Crippen LogP contribution >= 0.6 is 11.8 Å². The van der Waals surface area contributed by atoms with Gasteiger partial charge in [0, 0.05) is 0 Å². The number of hydrogen-bond acceptors (Lipinski definition) is 6. The van der Waals surface area contributed by atoms with E-state index in [1.807, 2.05) is 37.3 Å². The minimum Gasteiger partial charge on any atom is -0.306 e. The van der Waals surface area contributed by atoms with Crippen molar-refractivity contribution < 1.29 is 9.59 Å². The van der Waals surface area contributed by atoms with Gasteiger partial charge in [0.2, 0.25) is 5.91 Å². The number of nitriles is 1. The number of aryl methyl sites for hydroxylation is 1. The normalized spacial score (nSPS) is 10.2. The van der Waals surface area contributed by atoms with E-state index < -0.39 is 11.9 Å². The van der Waals surface area contributed by atoms with Crippen molar-refractivity contribution in [2.24, 2.45) is 0 Å². The van der Waals surface area contributed by atoms with Crippen molar-refractivity contribution in [3.05, 3.63) is 59.8 Å². The first-order valence-electron chi connectivity index (χ1n) is 8.03. The molecule has 0 bridgehead atoms. The molecule has 3 rings (SSSR count). The lowest BCUT2D eigenvalue weighted by atomic mass is 10.2. The van der Waals surface area contributed by atoms with Crippen LogP contribution in [0.25, 0.3) is 11.0 Å². The average molecular weight is 377 g/mol. The van der Waals surface area contributed by atoms with Crippen LogP contribution in [-0.2, 0) is 4.79 Å². The van der Waals surface area contributed by atoms with Gasteiger partial charge in [-0.1, -0.05) is 36.0 Å². The van der Waals surface area contributed by atoms with E-state index in [2.05, 4.69) is 20.6 Å². The van der Waals surface area contributed by atoms with Crippen molar-refractivity contribution in [1.82, 2.24) is 15.3 Å². The molecule has 2 N–H and O–H groups in total. The van der Waals surface area contributed by atoms with Crippen LogP contribution in [0, 0.1) is 18.3 Å². The number of carbonyl (C=O) groups is 2. The van der Waals surface area contributed by atoms with E-state index in [1.165, 1.54) is 11.8 Å². The SMILES string of the molecule is Cc1nc2ccccc2nc1SCC(=O)NC(=O)Nc1ccccc1C#N. The first-order valence-corrected chi connectivity index (χ1v) is 9.01.